The van der Waals surface area contributed by atoms with Gasteiger partial charge in [0.25, 0.3) is 5.91 Å². The Morgan fingerprint density at radius 1 is 1.80 bits per heavy atom. The summed E-state index contributed by atoms with van der Waals surface area (Å²) < 4.78 is 0. The van der Waals surface area contributed by atoms with Crippen LogP contribution in [0.2, 0.25) is 0 Å². The summed E-state index contributed by atoms with van der Waals surface area (Å²) in [4.78, 5) is 15.9. The zero-order valence-electron chi connectivity index (χ0n) is 8.69. The highest BCUT2D eigenvalue weighted by Crippen LogP contribution is 2.29. The molecule has 5 heteroatoms. The van der Waals surface area contributed by atoms with Gasteiger partial charge in [-0.25, -0.2) is 4.98 Å². The van der Waals surface area contributed by atoms with Crippen molar-refractivity contribution in [3.63, 3.8) is 0 Å². The maximum Gasteiger partial charge on any atom is 0.270 e. The largest absolute Gasteiger partial charge is 0.348 e. The molecule has 1 heterocycles. The molecular formula is C10H15N3OS. The molecule has 0 radical (unpaired) electrons. The van der Waals surface area contributed by atoms with Crippen molar-refractivity contribution in [1.82, 2.24) is 10.3 Å². The highest BCUT2D eigenvalue weighted by Gasteiger charge is 2.34. The first-order chi connectivity index (χ1) is 7.20. The fourth-order valence-electron chi connectivity index (χ4n) is 1.42. The molecule has 2 rings (SSSR count). The standard InChI is InChI=1S/C10H15N3OS/c1-6-4-7(6)13-10(14)8-5-15-9(12-8)2-3-11/h5-7H,2-4,11H2,1H3,(H,13,14). The van der Waals surface area contributed by atoms with Gasteiger partial charge in [0.1, 0.15) is 5.69 Å². The molecule has 0 aromatic carbocycles. The third-order valence-corrected chi connectivity index (χ3v) is 3.48. The van der Waals surface area contributed by atoms with Gasteiger partial charge in [-0.1, -0.05) is 6.92 Å². The van der Waals surface area contributed by atoms with Gasteiger partial charge in [-0.2, -0.15) is 0 Å². The monoisotopic (exact) mass is 225 g/mol. The lowest BCUT2D eigenvalue weighted by Gasteiger charge is -1.99. The second-order valence-electron chi connectivity index (χ2n) is 3.96. The van der Waals surface area contributed by atoms with Gasteiger partial charge in [-0.05, 0) is 18.9 Å². The van der Waals surface area contributed by atoms with E-state index in [9.17, 15) is 4.79 Å². The summed E-state index contributed by atoms with van der Waals surface area (Å²) >= 11 is 1.50. The van der Waals surface area contributed by atoms with E-state index in [1.54, 1.807) is 5.38 Å². The van der Waals surface area contributed by atoms with Gasteiger partial charge in [-0.3, -0.25) is 4.79 Å². The van der Waals surface area contributed by atoms with E-state index >= 15 is 0 Å². The molecule has 0 bridgehead atoms. The number of carbonyl (C=O) groups excluding carboxylic acids is 1. The first kappa shape index (κ1) is 10.6. The number of aromatic nitrogens is 1. The highest BCUT2D eigenvalue weighted by atomic mass is 32.1. The Bertz CT molecular complexity index is 363. The van der Waals surface area contributed by atoms with Crippen molar-refractivity contribution >= 4 is 17.2 Å². The van der Waals surface area contributed by atoms with Crippen LogP contribution in [0, 0.1) is 5.92 Å². The lowest BCUT2D eigenvalue weighted by atomic mass is 10.4. The Morgan fingerprint density at radius 2 is 2.53 bits per heavy atom. The molecule has 1 aromatic heterocycles. The van der Waals surface area contributed by atoms with Crippen LogP contribution in [-0.2, 0) is 6.42 Å². The maximum absolute atomic E-state index is 11.7. The summed E-state index contributed by atoms with van der Waals surface area (Å²) in [6.45, 7) is 2.71. The maximum atomic E-state index is 11.7. The van der Waals surface area contributed by atoms with Gasteiger partial charge in [0.2, 0.25) is 0 Å². The third-order valence-electron chi connectivity index (χ3n) is 2.57. The number of hydrogen-bond acceptors (Lipinski definition) is 4. The summed E-state index contributed by atoms with van der Waals surface area (Å²) in [7, 11) is 0. The normalized spacial score (nSPS) is 23.9. The van der Waals surface area contributed by atoms with Crippen molar-refractivity contribution in [1.29, 1.82) is 0 Å². The molecule has 1 amide bonds. The number of thiazole rings is 1. The molecule has 1 fully saturated rings. The van der Waals surface area contributed by atoms with E-state index in [2.05, 4.69) is 17.2 Å². The number of hydrogen-bond donors (Lipinski definition) is 2. The quantitative estimate of drug-likeness (QED) is 0.795. The molecule has 82 valence electrons. The zero-order valence-corrected chi connectivity index (χ0v) is 9.51. The average molecular weight is 225 g/mol. The van der Waals surface area contributed by atoms with Crippen LogP contribution < -0.4 is 11.1 Å². The number of rotatable bonds is 4. The molecule has 2 atom stereocenters. The predicted octanol–water partition coefficient (Wildman–Crippen LogP) is 0.782. The summed E-state index contributed by atoms with van der Waals surface area (Å²) in [6.07, 6.45) is 1.84. The SMILES string of the molecule is CC1CC1NC(=O)c1csc(CCN)n1. The van der Waals surface area contributed by atoms with Gasteiger partial charge >= 0.3 is 0 Å². The Hall–Kier alpha value is -0.940. The summed E-state index contributed by atoms with van der Waals surface area (Å²) in [5, 5.41) is 5.68. The van der Waals surface area contributed by atoms with Crippen LogP contribution in [0.5, 0.6) is 0 Å². The lowest BCUT2D eigenvalue weighted by molar-refractivity contribution is 0.0945. The van der Waals surface area contributed by atoms with E-state index in [1.165, 1.54) is 11.3 Å². The van der Waals surface area contributed by atoms with E-state index < -0.39 is 0 Å². The van der Waals surface area contributed by atoms with Crippen LogP contribution in [0.4, 0.5) is 0 Å². The van der Waals surface area contributed by atoms with Crippen molar-refractivity contribution < 1.29 is 4.79 Å². The minimum absolute atomic E-state index is 0.0520. The van der Waals surface area contributed by atoms with Gasteiger partial charge < -0.3 is 11.1 Å². The second kappa shape index (κ2) is 4.28. The number of nitrogens with zero attached hydrogens (tertiary/aromatic N) is 1. The van der Waals surface area contributed by atoms with Crippen molar-refractivity contribution in [2.24, 2.45) is 11.7 Å². The van der Waals surface area contributed by atoms with E-state index in [0.717, 1.165) is 17.8 Å². The van der Waals surface area contributed by atoms with Crippen LogP contribution in [0.25, 0.3) is 0 Å². The minimum atomic E-state index is -0.0520. The Labute approximate surface area is 92.9 Å². The van der Waals surface area contributed by atoms with Crippen LogP contribution in [0.1, 0.15) is 28.8 Å². The lowest BCUT2D eigenvalue weighted by Crippen LogP contribution is -2.26. The first-order valence-electron chi connectivity index (χ1n) is 5.16. The third kappa shape index (κ3) is 2.54. The molecule has 2 unspecified atom stereocenters. The Balaban J connectivity index is 1.93. The first-order valence-corrected chi connectivity index (χ1v) is 6.04. The number of amides is 1. The minimum Gasteiger partial charge on any atom is -0.348 e. The average Bonchev–Trinajstić information content (AvgIpc) is 2.72. The van der Waals surface area contributed by atoms with Crippen molar-refractivity contribution in [2.75, 3.05) is 6.54 Å². The van der Waals surface area contributed by atoms with Gasteiger partial charge in [0, 0.05) is 17.8 Å². The van der Waals surface area contributed by atoms with E-state index in [4.69, 9.17) is 5.73 Å². The predicted molar refractivity (Wildman–Crippen MR) is 59.9 cm³/mol. The smallest absolute Gasteiger partial charge is 0.270 e. The molecule has 0 aliphatic heterocycles. The van der Waals surface area contributed by atoms with Gasteiger partial charge in [-0.15, -0.1) is 11.3 Å². The van der Waals surface area contributed by atoms with Gasteiger partial charge in [0.15, 0.2) is 0 Å². The van der Waals surface area contributed by atoms with Crippen LogP contribution in [0.3, 0.4) is 0 Å². The van der Waals surface area contributed by atoms with E-state index in [1.807, 2.05) is 0 Å². The molecular weight excluding hydrogens is 210 g/mol. The molecule has 1 aliphatic rings. The Kier molecular flexibility index (Phi) is 3.02. The molecule has 1 saturated carbocycles. The fraction of sp³-hybridized carbons (Fsp3) is 0.600. The number of nitrogens with one attached hydrogen (secondary N) is 1. The van der Waals surface area contributed by atoms with Crippen LogP contribution >= 0.6 is 11.3 Å². The topological polar surface area (TPSA) is 68.0 Å². The molecule has 1 aromatic rings. The second-order valence-corrected chi connectivity index (χ2v) is 4.90. The molecule has 4 nitrogen and oxygen atoms in total. The molecule has 0 spiro atoms. The van der Waals surface area contributed by atoms with E-state index in [0.29, 0.717) is 24.2 Å². The molecule has 0 saturated heterocycles. The highest BCUT2D eigenvalue weighted by molar-refractivity contribution is 7.09. The van der Waals surface area contributed by atoms with Crippen LogP contribution in [0.15, 0.2) is 5.38 Å². The van der Waals surface area contributed by atoms with E-state index in [-0.39, 0.29) is 5.91 Å². The van der Waals surface area contributed by atoms with Crippen molar-refractivity contribution in [3.05, 3.63) is 16.1 Å². The summed E-state index contributed by atoms with van der Waals surface area (Å²) in [5.74, 6) is 0.569. The summed E-state index contributed by atoms with van der Waals surface area (Å²) in [5.41, 5.74) is 5.95. The van der Waals surface area contributed by atoms with Gasteiger partial charge in [0.05, 0.1) is 5.01 Å². The van der Waals surface area contributed by atoms with Crippen molar-refractivity contribution in [3.8, 4) is 0 Å². The molecule has 3 N–H and O–H groups in total. The van der Waals surface area contributed by atoms with Crippen molar-refractivity contribution in [2.45, 2.75) is 25.8 Å². The summed E-state index contributed by atoms with van der Waals surface area (Å²) in [6, 6.07) is 0.358. The Morgan fingerprint density at radius 3 is 3.13 bits per heavy atom. The van der Waals surface area contributed by atoms with Crippen LogP contribution in [-0.4, -0.2) is 23.5 Å². The molecule has 1 aliphatic carbocycles. The number of nitrogens with two attached hydrogens (primary N) is 1. The molecule has 15 heavy (non-hydrogen) atoms. The number of carbonyl (C=O) groups is 1. The zero-order chi connectivity index (χ0) is 10.8. The fourth-order valence-corrected chi connectivity index (χ4v) is 2.21.